The molecule has 1 aromatic carbocycles. The summed E-state index contributed by atoms with van der Waals surface area (Å²) < 4.78 is 31.3. The minimum absolute atomic E-state index is 0.0156. The summed E-state index contributed by atoms with van der Waals surface area (Å²) in [7, 11) is 1.98. The Morgan fingerprint density at radius 3 is 2.59 bits per heavy atom. The number of alkyl halides is 2. The number of ether oxygens (including phenoxy) is 1. The zero-order valence-corrected chi connectivity index (χ0v) is 16.4. The van der Waals surface area contributed by atoms with Gasteiger partial charge >= 0.3 is 6.61 Å². The average molecular weight is 428 g/mol. The molecule has 1 fully saturated rings. The van der Waals surface area contributed by atoms with Gasteiger partial charge in [0.1, 0.15) is 18.0 Å². The molecule has 8 nitrogen and oxygen atoms in total. The number of primary amides is 1. The molecule has 3 rings (SSSR count). The number of hydrogen-bond acceptors (Lipinski definition) is 5. The lowest BCUT2D eigenvalue weighted by molar-refractivity contribution is -0.133. The van der Waals surface area contributed by atoms with E-state index in [0.29, 0.717) is 13.1 Å². The number of nitrogens with zero attached hydrogens (tertiary/aromatic N) is 4. The normalized spacial score (nSPS) is 15.0. The van der Waals surface area contributed by atoms with Crippen molar-refractivity contribution in [2.45, 2.75) is 13.2 Å². The Bertz CT molecular complexity index is 913. The van der Waals surface area contributed by atoms with Crippen LogP contribution in [0.15, 0.2) is 24.4 Å². The molecule has 1 aliphatic heterocycles. The average Bonchev–Trinajstić information content (AvgIpc) is 3.07. The quantitative estimate of drug-likeness (QED) is 0.757. The van der Waals surface area contributed by atoms with E-state index in [9.17, 15) is 18.4 Å². The predicted octanol–water partition coefficient (Wildman–Crippen LogP) is 1.68. The molecule has 1 aromatic heterocycles. The number of nitrogens with two attached hydrogens (primary N) is 1. The van der Waals surface area contributed by atoms with Gasteiger partial charge in [-0.1, -0.05) is 11.6 Å². The van der Waals surface area contributed by atoms with E-state index in [1.54, 1.807) is 4.90 Å². The van der Waals surface area contributed by atoms with E-state index in [0.717, 1.165) is 13.1 Å². The highest BCUT2D eigenvalue weighted by molar-refractivity contribution is 6.31. The number of carbonyl (C=O) groups excluding carboxylic acids is 2. The number of carbonyl (C=O) groups is 2. The molecule has 1 aliphatic rings. The van der Waals surface area contributed by atoms with Crippen molar-refractivity contribution in [1.82, 2.24) is 19.6 Å². The maximum absolute atomic E-state index is 12.8. The summed E-state index contributed by atoms with van der Waals surface area (Å²) in [5.41, 5.74) is 5.49. The third-order valence-electron chi connectivity index (χ3n) is 4.59. The summed E-state index contributed by atoms with van der Waals surface area (Å²) in [5.74, 6) is -1.19. The van der Waals surface area contributed by atoms with E-state index in [2.05, 4.69) is 14.7 Å². The number of halogens is 3. The number of piperazine rings is 1. The van der Waals surface area contributed by atoms with Crippen LogP contribution in [0.2, 0.25) is 5.02 Å². The minimum Gasteiger partial charge on any atom is -0.434 e. The molecule has 0 aliphatic carbocycles. The third kappa shape index (κ3) is 5.01. The van der Waals surface area contributed by atoms with Gasteiger partial charge in [-0.2, -0.15) is 13.9 Å². The van der Waals surface area contributed by atoms with Crippen molar-refractivity contribution >= 4 is 23.4 Å². The molecule has 11 heteroatoms. The molecule has 2 heterocycles. The Hall–Kier alpha value is -2.72. The molecule has 0 bridgehead atoms. The zero-order valence-electron chi connectivity index (χ0n) is 15.6. The third-order valence-corrected chi connectivity index (χ3v) is 4.83. The van der Waals surface area contributed by atoms with Crippen LogP contribution in [0.1, 0.15) is 10.4 Å². The van der Waals surface area contributed by atoms with Crippen molar-refractivity contribution in [2.24, 2.45) is 5.73 Å². The molecule has 29 heavy (non-hydrogen) atoms. The Labute approximate surface area is 170 Å². The molecular weight excluding hydrogens is 408 g/mol. The maximum atomic E-state index is 12.8. The molecule has 0 saturated carbocycles. The van der Waals surface area contributed by atoms with E-state index in [1.165, 1.54) is 29.1 Å². The first-order valence-corrected chi connectivity index (χ1v) is 9.20. The number of rotatable bonds is 6. The van der Waals surface area contributed by atoms with Gasteiger partial charge in [0, 0.05) is 43.0 Å². The number of benzene rings is 1. The van der Waals surface area contributed by atoms with Crippen LogP contribution in [0.25, 0.3) is 11.3 Å². The van der Waals surface area contributed by atoms with Gasteiger partial charge in [0.2, 0.25) is 5.91 Å². The second-order valence-electron chi connectivity index (χ2n) is 6.66. The molecular formula is C18H20ClF2N5O3. The minimum atomic E-state index is -3.08. The predicted molar refractivity (Wildman–Crippen MR) is 102 cm³/mol. The molecule has 0 atom stereocenters. The van der Waals surface area contributed by atoms with E-state index < -0.39 is 12.5 Å². The summed E-state index contributed by atoms with van der Waals surface area (Å²) in [6.45, 7) is -0.485. The molecule has 2 aromatic rings. The molecule has 0 radical (unpaired) electrons. The standard InChI is InChI=1S/C18H20ClF2N5O3/c1-24-4-6-25(7-5-24)15(27)10-26-9-13(17(22)28)16(23-26)12-8-11(19)2-3-14(12)29-18(20)21/h2-3,8-9,18H,4-7,10H2,1H3,(H2,22,28). The fourth-order valence-corrected chi connectivity index (χ4v) is 3.23. The van der Waals surface area contributed by atoms with Crippen molar-refractivity contribution in [1.29, 1.82) is 0 Å². The van der Waals surface area contributed by atoms with Gasteiger partial charge in [0.05, 0.1) is 5.56 Å². The van der Waals surface area contributed by atoms with Crippen molar-refractivity contribution in [3.05, 3.63) is 35.0 Å². The molecule has 156 valence electrons. The van der Waals surface area contributed by atoms with Gasteiger partial charge in [-0.05, 0) is 25.2 Å². The van der Waals surface area contributed by atoms with Crippen LogP contribution >= 0.6 is 11.6 Å². The smallest absolute Gasteiger partial charge is 0.387 e. The summed E-state index contributed by atoms with van der Waals surface area (Å²) in [5, 5.41) is 4.47. The summed E-state index contributed by atoms with van der Waals surface area (Å²) in [4.78, 5) is 28.3. The highest BCUT2D eigenvalue weighted by Crippen LogP contribution is 2.34. The lowest BCUT2D eigenvalue weighted by Crippen LogP contribution is -2.48. The van der Waals surface area contributed by atoms with Gasteiger partial charge in [-0.3, -0.25) is 14.3 Å². The van der Waals surface area contributed by atoms with Crippen LogP contribution in [0.5, 0.6) is 5.75 Å². The molecule has 0 unspecified atom stereocenters. The number of hydrogen-bond donors (Lipinski definition) is 1. The van der Waals surface area contributed by atoms with E-state index in [1.807, 2.05) is 7.05 Å². The topological polar surface area (TPSA) is 93.7 Å². The van der Waals surface area contributed by atoms with Crippen LogP contribution in [0.4, 0.5) is 8.78 Å². The van der Waals surface area contributed by atoms with E-state index in [-0.39, 0.29) is 40.0 Å². The fourth-order valence-electron chi connectivity index (χ4n) is 3.06. The number of likely N-dealkylation sites (N-methyl/N-ethyl adjacent to an activating group) is 1. The fraction of sp³-hybridized carbons (Fsp3) is 0.389. The van der Waals surface area contributed by atoms with Crippen LogP contribution in [0, 0.1) is 0 Å². The van der Waals surface area contributed by atoms with E-state index >= 15 is 0 Å². The van der Waals surface area contributed by atoms with Gasteiger partial charge in [0.25, 0.3) is 5.91 Å². The number of aromatic nitrogens is 2. The largest absolute Gasteiger partial charge is 0.434 e. The van der Waals surface area contributed by atoms with Crippen LogP contribution in [0.3, 0.4) is 0 Å². The second-order valence-corrected chi connectivity index (χ2v) is 7.09. The van der Waals surface area contributed by atoms with Crippen molar-refractivity contribution in [3.63, 3.8) is 0 Å². The first kappa shape index (κ1) is 21.0. The SMILES string of the molecule is CN1CCN(C(=O)Cn2cc(C(N)=O)c(-c3cc(Cl)ccc3OC(F)F)n2)CC1. The summed E-state index contributed by atoms with van der Waals surface area (Å²) in [6, 6.07) is 3.98. The first-order valence-electron chi connectivity index (χ1n) is 8.83. The lowest BCUT2D eigenvalue weighted by Gasteiger charge is -2.32. The Kier molecular flexibility index (Phi) is 6.33. The monoisotopic (exact) mass is 427 g/mol. The Balaban J connectivity index is 1.91. The summed E-state index contributed by atoms with van der Waals surface area (Å²) >= 11 is 5.98. The molecule has 2 N–H and O–H groups in total. The van der Waals surface area contributed by atoms with E-state index in [4.69, 9.17) is 17.3 Å². The lowest BCUT2D eigenvalue weighted by atomic mass is 10.1. The van der Waals surface area contributed by atoms with Crippen molar-refractivity contribution in [3.8, 4) is 17.0 Å². The highest BCUT2D eigenvalue weighted by Gasteiger charge is 2.24. The maximum Gasteiger partial charge on any atom is 0.387 e. The second kappa shape index (κ2) is 8.75. The highest BCUT2D eigenvalue weighted by atomic mass is 35.5. The summed E-state index contributed by atoms with van der Waals surface area (Å²) in [6.07, 6.45) is 1.32. The van der Waals surface area contributed by atoms with Crippen molar-refractivity contribution < 1.29 is 23.1 Å². The number of amides is 2. The van der Waals surface area contributed by atoms with Gasteiger partial charge in [-0.25, -0.2) is 0 Å². The molecule has 2 amide bonds. The van der Waals surface area contributed by atoms with Crippen molar-refractivity contribution in [2.75, 3.05) is 33.2 Å². The molecule has 1 saturated heterocycles. The zero-order chi connectivity index (χ0) is 21.1. The molecule has 0 spiro atoms. The first-order chi connectivity index (χ1) is 13.7. The van der Waals surface area contributed by atoms with Gasteiger partial charge < -0.3 is 20.3 Å². The Morgan fingerprint density at radius 1 is 1.28 bits per heavy atom. The van der Waals surface area contributed by atoms with Gasteiger partial charge in [0.15, 0.2) is 0 Å². The Morgan fingerprint density at radius 2 is 1.97 bits per heavy atom. The van der Waals surface area contributed by atoms with Gasteiger partial charge in [-0.15, -0.1) is 0 Å². The van der Waals surface area contributed by atoms with Crippen LogP contribution < -0.4 is 10.5 Å². The van der Waals surface area contributed by atoms with Crippen LogP contribution in [-0.4, -0.2) is 71.2 Å². The van der Waals surface area contributed by atoms with Crippen LogP contribution in [-0.2, 0) is 11.3 Å².